The summed E-state index contributed by atoms with van der Waals surface area (Å²) in [5.41, 5.74) is 4.62. The van der Waals surface area contributed by atoms with E-state index in [2.05, 4.69) is 72.7 Å². The summed E-state index contributed by atoms with van der Waals surface area (Å²) in [6.45, 7) is 5.72. The van der Waals surface area contributed by atoms with Crippen molar-refractivity contribution in [1.29, 1.82) is 0 Å². The van der Waals surface area contributed by atoms with E-state index in [-0.39, 0.29) is 42.4 Å². The number of fused-ring (bicyclic) bond motifs is 1. The van der Waals surface area contributed by atoms with Crippen LogP contribution in [-0.2, 0) is 11.3 Å². The molecule has 1 aliphatic heterocycles. The van der Waals surface area contributed by atoms with Gasteiger partial charge in [0.15, 0.2) is 0 Å². The summed E-state index contributed by atoms with van der Waals surface area (Å²) in [6.07, 6.45) is 4.97. The molecule has 0 saturated heterocycles. The first-order valence-electron chi connectivity index (χ1n) is 15.7. The first kappa shape index (κ1) is 30.8. The van der Waals surface area contributed by atoms with Crippen molar-refractivity contribution < 1.29 is 19.4 Å². The smallest absolute Gasteiger partial charge is 0.258 e. The zero-order chi connectivity index (χ0) is 30.3. The number of carbonyl (C=O) groups is 2. The first-order chi connectivity index (χ1) is 20.8. The monoisotopic (exact) mass is 583 g/mol. The summed E-state index contributed by atoms with van der Waals surface area (Å²) in [4.78, 5) is 30.7. The molecule has 1 fully saturated rings. The fraction of sp³-hybridized carbons (Fsp3) is 0.444. The fourth-order valence-electron chi connectivity index (χ4n) is 6.24. The van der Waals surface area contributed by atoms with E-state index in [1.807, 2.05) is 19.1 Å². The van der Waals surface area contributed by atoms with Crippen LogP contribution in [0.2, 0.25) is 0 Å². The summed E-state index contributed by atoms with van der Waals surface area (Å²) in [6, 6.07) is 24.0. The molecular weight excluding hydrogens is 538 g/mol. The van der Waals surface area contributed by atoms with Crippen LogP contribution in [0, 0.1) is 11.8 Å². The van der Waals surface area contributed by atoms with Gasteiger partial charge in [-0.3, -0.25) is 14.5 Å². The minimum Gasteiger partial charge on any atom is -0.488 e. The molecule has 2 amide bonds. The van der Waals surface area contributed by atoms with E-state index < -0.39 is 0 Å². The third-order valence-corrected chi connectivity index (χ3v) is 8.91. The highest BCUT2D eigenvalue weighted by Crippen LogP contribution is 2.32. The van der Waals surface area contributed by atoms with Crippen LogP contribution < -0.4 is 10.1 Å². The maximum Gasteiger partial charge on any atom is 0.258 e. The largest absolute Gasteiger partial charge is 0.488 e. The summed E-state index contributed by atoms with van der Waals surface area (Å²) in [5.74, 6) is 0.378. The molecule has 3 aromatic carbocycles. The summed E-state index contributed by atoms with van der Waals surface area (Å²) in [5, 5.41) is 13.0. The number of nitrogens with one attached hydrogen (secondary N) is 1. The van der Waals surface area contributed by atoms with Crippen molar-refractivity contribution in [2.75, 3.05) is 32.1 Å². The Morgan fingerprint density at radius 3 is 2.42 bits per heavy atom. The van der Waals surface area contributed by atoms with Gasteiger partial charge in [0.05, 0.1) is 18.2 Å². The van der Waals surface area contributed by atoms with Gasteiger partial charge in [-0.2, -0.15) is 0 Å². The number of nitrogens with zero attached hydrogens (tertiary/aromatic N) is 2. The zero-order valence-electron chi connectivity index (χ0n) is 25.7. The third-order valence-electron chi connectivity index (χ3n) is 8.91. The van der Waals surface area contributed by atoms with Gasteiger partial charge in [0.25, 0.3) is 5.91 Å². The summed E-state index contributed by atoms with van der Waals surface area (Å²) < 4.78 is 6.58. The van der Waals surface area contributed by atoms with Crippen LogP contribution in [0.25, 0.3) is 11.1 Å². The number of amides is 2. The van der Waals surface area contributed by atoms with Crippen molar-refractivity contribution >= 4 is 17.5 Å². The van der Waals surface area contributed by atoms with Crippen molar-refractivity contribution in [1.82, 2.24) is 9.80 Å². The molecule has 228 valence electrons. The highest BCUT2D eigenvalue weighted by atomic mass is 16.5. The van der Waals surface area contributed by atoms with E-state index >= 15 is 0 Å². The lowest BCUT2D eigenvalue weighted by atomic mass is 9.88. The second-order valence-corrected chi connectivity index (χ2v) is 12.4. The highest BCUT2D eigenvalue weighted by molar-refractivity contribution is 6.00. The fourth-order valence-corrected chi connectivity index (χ4v) is 6.24. The normalized spacial score (nSPS) is 20.1. The number of carbonyl (C=O) groups excluding carboxylic acids is 2. The number of ether oxygens (including phenoxy) is 1. The molecule has 0 unspecified atom stereocenters. The molecule has 1 saturated carbocycles. The topological polar surface area (TPSA) is 82.1 Å². The quantitative estimate of drug-likeness (QED) is 0.312. The Hall–Kier alpha value is -3.68. The SMILES string of the molecule is C[C@@H]1CN([C@@H](C)CO)C(=O)c2cc(NC(=O)C3CCCCC3)ccc2O[C@H]1CN(C)Cc1ccc(-c2ccccc2)cc1. The Kier molecular flexibility index (Phi) is 10.2. The van der Waals surface area contributed by atoms with E-state index in [4.69, 9.17) is 4.74 Å². The van der Waals surface area contributed by atoms with Crippen molar-refractivity contribution in [3.8, 4) is 16.9 Å². The van der Waals surface area contributed by atoms with E-state index in [9.17, 15) is 14.7 Å². The van der Waals surface area contributed by atoms with Crippen molar-refractivity contribution in [3.63, 3.8) is 0 Å². The molecule has 1 aliphatic carbocycles. The molecule has 7 heteroatoms. The average Bonchev–Trinajstić information content (AvgIpc) is 3.03. The van der Waals surface area contributed by atoms with Gasteiger partial charge in [0, 0.05) is 37.2 Å². The molecule has 3 aromatic rings. The Balaban J connectivity index is 1.32. The molecule has 0 aromatic heterocycles. The Bertz CT molecular complexity index is 1370. The van der Waals surface area contributed by atoms with Crippen LogP contribution in [0.4, 0.5) is 5.69 Å². The van der Waals surface area contributed by atoms with Crippen LogP contribution in [0.5, 0.6) is 5.75 Å². The van der Waals surface area contributed by atoms with E-state index in [0.717, 1.165) is 32.2 Å². The summed E-state index contributed by atoms with van der Waals surface area (Å²) >= 11 is 0. The number of aliphatic hydroxyl groups excluding tert-OH is 1. The Morgan fingerprint density at radius 2 is 1.72 bits per heavy atom. The number of hydrogen-bond donors (Lipinski definition) is 2. The minimum atomic E-state index is -0.345. The second-order valence-electron chi connectivity index (χ2n) is 12.4. The molecule has 1 heterocycles. The number of anilines is 1. The predicted molar refractivity (Wildman–Crippen MR) is 171 cm³/mol. The van der Waals surface area contributed by atoms with E-state index in [1.54, 1.807) is 17.0 Å². The minimum absolute atomic E-state index is 0.0175. The maximum absolute atomic E-state index is 13.8. The molecule has 7 nitrogen and oxygen atoms in total. The standard InChI is InChI=1S/C36H45N3O4/c1-25-21-39(26(2)24-40)36(42)32-20-31(37-35(41)30-12-8-5-9-13-30)18-19-33(32)43-34(25)23-38(3)22-27-14-16-29(17-15-27)28-10-6-4-7-11-28/h4,6-7,10-11,14-20,25-26,30,34,40H,5,8-9,12-13,21-24H2,1-3H3,(H,37,41)/t25-,26+,34+/m1/s1. The zero-order valence-corrected chi connectivity index (χ0v) is 25.7. The lowest BCUT2D eigenvalue weighted by Crippen LogP contribution is -2.49. The maximum atomic E-state index is 13.8. The van der Waals surface area contributed by atoms with Crippen LogP contribution in [0.1, 0.15) is 61.9 Å². The van der Waals surface area contributed by atoms with Gasteiger partial charge in [0.1, 0.15) is 11.9 Å². The predicted octanol–water partition coefficient (Wildman–Crippen LogP) is 6.22. The molecule has 0 spiro atoms. The van der Waals surface area contributed by atoms with Crippen molar-refractivity contribution in [2.24, 2.45) is 11.8 Å². The van der Waals surface area contributed by atoms with Gasteiger partial charge in [-0.05, 0) is 61.7 Å². The van der Waals surface area contributed by atoms with Crippen molar-refractivity contribution in [2.45, 2.75) is 64.6 Å². The number of likely N-dealkylation sites (N-methyl/N-ethyl adjacent to an activating group) is 1. The molecule has 43 heavy (non-hydrogen) atoms. The lowest BCUT2D eigenvalue weighted by molar-refractivity contribution is -0.120. The molecule has 5 rings (SSSR count). The molecule has 0 radical (unpaired) electrons. The molecule has 3 atom stereocenters. The first-order valence-corrected chi connectivity index (χ1v) is 15.7. The number of aliphatic hydroxyl groups is 1. The van der Waals surface area contributed by atoms with Crippen LogP contribution in [0.3, 0.4) is 0 Å². The second kappa shape index (κ2) is 14.2. The highest BCUT2D eigenvalue weighted by Gasteiger charge is 2.34. The summed E-state index contributed by atoms with van der Waals surface area (Å²) in [7, 11) is 2.09. The van der Waals surface area contributed by atoms with Gasteiger partial charge in [-0.1, -0.05) is 80.8 Å². The van der Waals surface area contributed by atoms with E-state index in [1.165, 1.54) is 23.1 Å². The van der Waals surface area contributed by atoms with E-state index in [0.29, 0.717) is 30.1 Å². The number of benzene rings is 3. The Morgan fingerprint density at radius 1 is 1.02 bits per heavy atom. The van der Waals surface area contributed by atoms with Crippen molar-refractivity contribution in [3.05, 3.63) is 83.9 Å². The van der Waals surface area contributed by atoms with Crippen LogP contribution in [-0.4, -0.2) is 65.6 Å². The lowest BCUT2D eigenvalue weighted by Gasteiger charge is -2.38. The third kappa shape index (κ3) is 7.64. The number of hydrogen-bond acceptors (Lipinski definition) is 5. The van der Waals surface area contributed by atoms with Gasteiger partial charge in [0.2, 0.25) is 5.91 Å². The van der Waals surface area contributed by atoms with Crippen LogP contribution in [0.15, 0.2) is 72.8 Å². The molecule has 2 N–H and O–H groups in total. The molecule has 2 aliphatic rings. The van der Waals surface area contributed by atoms with Gasteiger partial charge in [-0.25, -0.2) is 0 Å². The number of rotatable bonds is 9. The Labute approximate surface area is 255 Å². The molecular formula is C36H45N3O4. The van der Waals surface area contributed by atoms with Gasteiger partial charge < -0.3 is 20.1 Å². The van der Waals surface area contributed by atoms with Crippen LogP contribution >= 0.6 is 0 Å². The van der Waals surface area contributed by atoms with Gasteiger partial charge >= 0.3 is 0 Å². The average molecular weight is 584 g/mol. The van der Waals surface area contributed by atoms with Gasteiger partial charge in [-0.15, -0.1) is 0 Å². The molecule has 0 bridgehead atoms.